The Balaban J connectivity index is 2.87. The van der Waals surface area contributed by atoms with Crippen LogP contribution in [0.5, 0.6) is 0 Å². The lowest BCUT2D eigenvalue weighted by Gasteiger charge is -2.04. The summed E-state index contributed by atoms with van der Waals surface area (Å²) in [6.07, 6.45) is 1.01. The summed E-state index contributed by atoms with van der Waals surface area (Å²) in [5, 5.41) is -0.578. The van der Waals surface area contributed by atoms with Gasteiger partial charge >= 0.3 is 5.30 Å². The zero-order valence-corrected chi connectivity index (χ0v) is 8.72. The molecular formula is C8H16O4S. The molecule has 0 aromatic heterocycles. The van der Waals surface area contributed by atoms with Crippen LogP contribution in [0.4, 0.5) is 4.79 Å². The molecule has 0 aliphatic carbocycles. The van der Waals surface area contributed by atoms with Crippen molar-refractivity contribution in [2.75, 3.05) is 33.0 Å². The highest BCUT2D eigenvalue weighted by Gasteiger charge is 1.93. The fourth-order valence-electron chi connectivity index (χ4n) is 0.654. The molecule has 0 saturated heterocycles. The number of hydrogen-bond acceptors (Lipinski definition) is 4. The number of carbonyl (C=O) groups excluding carboxylic acids is 1. The van der Waals surface area contributed by atoms with Crippen LogP contribution >= 0.6 is 12.6 Å². The Labute approximate surface area is 84.0 Å². The fraction of sp³-hybridized carbons (Fsp3) is 0.875. The SMILES string of the molecule is CCCOCCOCCOC(=O)S. The van der Waals surface area contributed by atoms with Crippen molar-refractivity contribution in [3.63, 3.8) is 0 Å². The standard InChI is InChI=1S/C8H16O4S/c1-2-3-10-4-5-11-6-7-12-8(9)13/h2-7H2,1H3,(H,9,13). The van der Waals surface area contributed by atoms with Gasteiger partial charge in [-0.05, 0) is 6.42 Å². The Morgan fingerprint density at radius 1 is 1.08 bits per heavy atom. The summed E-state index contributed by atoms with van der Waals surface area (Å²) in [6.45, 7) is 4.56. The van der Waals surface area contributed by atoms with Gasteiger partial charge in [0.15, 0.2) is 0 Å². The zero-order chi connectivity index (χ0) is 9.94. The van der Waals surface area contributed by atoms with E-state index in [1.165, 1.54) is 0 Å². The molecule has 0 radical (unpaired) electrons. The Hall–Kier alpha value is -0.260. The van der Waals surface area contributed by atoms with Crippen LogP contribution in [0.3, 0.4) is 0 Å². The molecule has 4 nitrogen and oxygen atoms in total. The molecule has 0 aliphatic rings. The van der Waals surface area contributed by atoms with Crippen LogP contribution in [-0.2, 0) is 14.2 Å². The summed E-state index contributed by atoms with van der Waals surface area (Å²) in [5.74, 6) is 0. The van der Waals surface area contributed by atoms with Crippen LogP contribution in [0.15, 0.2) is 0 Å². The van der Waals surface area contributed by atoms with Crippen molar-refractivity contribution < 1.29 is 19.0 Å². The van der Waals surface area contributed by atoms with Gasteiger partial charge < -0.3 is 14.2 Å². The average molecular weight is 208 g/mol. The van der Waals surface area contributed by atoms with E-state index in [0.717, 1.165) is 13.0 Å². The summed E-state index contributed by atoms with van der Waals surface area (Å²) >= 11 is 3.43. The van der Waals surface area contributed by atoms with E-state index in [1.807, 2.05) is 6.92 Å². The highest BCUT2D eigenvalue weighted by Crippen LogP contribution is 1.86. The third-order valence-corrected chi connectivity index (χ3v) is 1.30. The van der Waals surface area contributed by atoms with Gasteiger partial charge in [-0.1, -0.05) is 19.6 Å². The van der Waals surface area contributed by atoms with Gasteiger partial charge in [0.25, 0.3) is 0 Å². The number of rotatable bonds is 8. The van der Waals surface area contributed by atoms with Crippen LogP contribution in [0.25, 0.3) is 0 Å². The minimum Gasteiger partial charge on any atom is -0.455 e. The molecule has 13 heavy (non-hydrogen) atoms. The minimum absolute atomic E-state index is 0.246. The van der Waals surface area contributed by atoms with Crippen molar-refractivity contribution in [1.29, 1.82) is 0 Å². The molecule has 0 bridgehead atoms. The summed E-state index contributed by atoms with van der Waals surface area (Å²) in [4.78, 5) is 10.2. The smallest absolute Gasteiger partial charge is 0.364 e. The van der Waals surface area contributed by atoms with Crippen molar-refractivity contribution in [2.45, 2.75) is 13.3 Å². The predicted molar refractivity (Wildman–Crippen MR) is 52.3 cm³/mol. The molecule has 0 saturated carbocycles. The van der Waals surface area contributed by atoms with Gasteiger partial charge in [-0.3, -0.25) is 0 Å². The average Bonchev–Trinajstić information content (AvgIpc) is 2.09. The minimum atomic E-state index is -0.578. The Morgan fingerprint density at radius 2 is 1.62 bits per heavy atom. The zero-order valence-electron chi connectivity index (χ0n) is 7.82. The van der Waals surface area contributed by atoms with Crippen molar-refractivity contribution in [3.8, 4) is 0 Å². The van der Waals surface area contributed by atoms with Gasteiger partial charge in [0.1, 0.15) is 6.61 Å². The van der Waals surface area contributed by atoms with E-state index in [-0.39, 0.29) is 6.61 Å². The van der Waals surface area contributed by atoms with Crippen molar-refractivity contribution in [2.24, 2.45) is 0 Å². The van der Waals surface area contributed by atoms with E-state index >= 15 is 0 Å². The van der Waals surface area contributed by atoms with E-state index in [4.69, 9.17) is 9.47 Å². The summed E-state index contributed by atoms with van der Waals surface area (Å²) in [7, 11) is 0. The van der Waals surface area contributed by atoms with E-state index < -0.39 is 5.30 Å². The Kier molecular flexibility index (Phi) is 9.63. The topological polar surface area (TPSA) is 44.8 Å². The second-order valence-electron chi connectivity index (χ2n) is 2.34. The van der Waals surface area contributed by atoms with Gasteiger partial charge in [-0.2, -0.15) is 0 Å². The molecule has 78 valence electrons. The lowest BCUT2D eigenvalue weighted by Crippen LogP contribution is -2.10. The molecule has 0 spiro atoms. The summed E-state index contributed by atoms with van der Waals surface area (Å²) in [5.41, 5.74) is 0. The second kappa shape index (κ2) is 9.83. The van der Waals surface area contributed by atoms with Crippen molar-refractivity contribution >= 4 is 17.9 Å². The number of ether oxygens (including phenoxy) is 3. The van der Waals surface area contributed by atoms with Gasteiger partial charge in [0.2, 0.25) is 0 Å². The number of thiol groups is 1. The Morgan fingerprint density at radius 3 is 2.15 bits per heavy atom. The molecule has 0 aromatic carbocycles. The number of carbonyl (C=O) groups is 1. The molecule has 5 heteroatoms. The molecule has 0 unspecified atom stereocenters. The first-order valence-electron chi connectivity index (χ1n) is 4.28. The highest BCUT2D eigenvalue weighted by molar-refractivity contribution is 7.96. The van der Waals surface area contributed by atoms with Crippen LogP contribution in [0.1, 0.15) is 13.3 Å². The molecule has 0 amide bonds. The van der Waals surface area contributed by atoms with Crippen LogP contribution in [-0.4, -0.2) is 38.3 Å². The van der Waals surface area contributed by atoms with E-state index in [2.05, 4.69) is 17.4 Å². The Bertz CT molecular complexity index is 129. The van der Waals surface area contributed by atoms with Crippen LogP contribution in [0.2, 0.25) is 0 Å². The lowest BCUT2D eigenvalue weighted by atomic mass is 10.5. The maximum Gasteiger partial charge on any atom is 0.364 e. The normalized spacial score (nSPS) is 10.0. The van der Waals surface area contributed by atoms with Crippen molar-refractivity contribution in [1.82, 2.24) is 0 Å². The van der Waals surface area contributed by atoms with Crippen LogP contribution < -0.4 is 0 Å². The van der Waals surface area contributed by atoms with Crippen LogP contribution in [0, 0.1) is 0 Å². The molecule has 0 aromatic rings. The van der Waals surface area contributed by atoms with Gasteiger partial charge in [-0.25, -0.2) is 4.79 Å². The van der Waals surface area contributed by atoms with Crippen molar-refractivity contribution in [3.05, 3.63) is 0 Å². The maximum atomic E-state index is 10.2. The lowest BCUT2D eigenvalue weighted by molar-refractivity contribution is 0.0315. The quantitative estimate of drug-likeness (QED) is 0.373. The maximum absolute atomic E-state index is 10.2. The summed E-state index contributed by atoms with van der Waals surface area (Å²) in [6, 6.07) is 0. The third-order valence-electron chi connectivity index (χ3n) is 1.17. The molecule has 0 atom stereocenters. The van der Waals surface area contributed by atoms with Gasteiger partial charge in [0, 0.05) is 6.61 Å². The van der Waals surface area contributed by atoms with E-state index in [9.17, 15) is 4.79 Å². The van der Waals surface area contributed by atoms with E-state index in [0.29, 0.717) is 19.8 Å². The first-order chi connectivity index (χ1) is 6.27. The predicted octanol–water partition coefficient (Wildman–Crippen LogP) is 1.50. The monoisotopic (exact) mass is 208 g/mol. The molecule has 0 aliphatic heterocycles. The van der Waals surface area contributed by atoms with Gasteiger partial charge in [-0.15, -0.1) is 0 Å². The molecule has 0 heterocycles. The second-order valence-corrected chi connectivity index (χ2v) is 2.70. The molecule has 0 fully saturated rings. The third kappa shape index (κ3) is 11.7. The number of hydrogen-bond donors (Lipinski definition) is 1. The largest absolute Gasteiger partial charge is 0.455 e. The first kappa shape index (κ1) is 12.7. The molecule has 0 N–H and O–H groups in total. The fourth-order valence-corrected chi connectivity index (χ4v) is 0.746. The van der Waals surface area contributed by atoms with E-state index in [1.54, 1.807) is 0 Å². The molecular weight excluding hydrogens is 192 g/mol. The van der Waals surface area contributed by atoms with Gasteiger partial charge in [0.05, 0.1) is 19.8 Å². The molecule has 0 rings (SSSR count). The summed E-state index contributed by atoms with van der Waals surface area (Å²) < 4.78 is 14.8. The first-order valence-corrected chi connectivity index (χ1v) is 4.73. The highest BCUT2D eigenvalue weighted by atomic mass is 32.1.